The molecule has 0 aromatic heterocycles. The molecule has 3 unspecified atom stereocenters. The number of rotatable bonds is 3. The van der Waals surface area contributed by atoms with E-state index in [1.54, 1.807) is 13.8 Å². The maximum atomic E-state index is 11.9. The molecule has 3 amide bonds. The van der Waals surface area contributed by atoms with E-state index < -0.39 is 24.0 Å². The van der Waals surface area contributed by atoms with Crippen molar-refractivity contribution in [1.82, 2.24) is 15.5 Å². The smallest absolute Gasteiger partial charge is 0.318 e. The zero-order chi connectivity index (χ0) is 13.9. The topological polar surface area (TPSA) is 98.7 Å². The first-order chi connectivity index (χ1) is 8.38. The minimum Gasteiger partial charge on any atom is -0.481 e. The van der Waals surface area contributed by atoms with Gasteiger partial charge in [-0.2, -0.15) is 0 Å². The fraction of sp³-hybridized carbons (Fsp3) is 0.727. The van der Waals surface area contributed by atoms with E-state index in [9.17, 15) is 14.4 Å². The zero-order valence-corrected chi connectivity index (χ0v) is 10.8. The molecule has 18 heavy (non-hydrogen) atoms. The number of carbonyl (C=O) groups is 3. The van der Waals surface area contributed by atoms with Crippen LogP contribution in [0.2, 0.25) is 0 Å². The van der Waals surface area contributed by atoms with E-state index >= 15 is 0 Å². The molecule has 1 heterocycles. The quantitative estimate of drug-likeness (QED) is 0.642. The molecule has 0 aliphatic carbocycles. The van der Waals surface area contributed by atoms with Gasteiger partial charge in [-0.3, -0.25) is 9.59 Å². The maximum absolute atomic E-state index is 11.9. The molecular weight excluding hydrogens is 238 g/mol. The largest absolute Gasteiger partial charge is 0.481 e. The highest BCUT2D eigenvalue weighted by atomic mass is 16.4. The third-order valence-corrected chi connectivity index (χ3v) is 3.31. The molecule has 0 bridgehead atoms. The number of hydrogen-bond donors (Lipinski definition) is 3. The van der Waals surface area contributed by atoms with Gasteiger partial charge in [-0.05, 0) is 20.3 Å². The van der Waals surface area contributed by atoms with Crippen LogP contribution in [-0.4, -0.2) is 53.6 Å². The number of carbonyl (C=O) groups excluding carboxylic acids is 2. The summed E-state index contributed by atoms with van der Waals surface area (Å²) in [5.74, 6) is -1.71. The summed E-state index contributed by atoms with van der Waals surface area (Å²) in [6.45, 7) is 3.67. The lowest BCUT2D eigenvalue weighted by Crippen LogP contribution is -2.50. The monoisotopic (exact) mass is 257 g/mol. The van der Waals surface area contributed by atoms with Crippen molar-refractivity contribution in [1.29, 1.82) is 0 Å². The highest BCUT2D eigenvalue weighted by molar-refractivity contribution is 5.87. The van der Waals surface area contributed by atoms with Crippen molar-refractivity contribution >= 4 is 17.9 Å². The Bertz CT molecular complexity index is 358. The summed E-state index contributed by atoms with van der Waals surface area (Å²) in [5, 5.41) is 13.9. The predicted molar refractivity (Wildman–Crippen MR) is 64.0 cm³/mol. The van der Waals surface area contributed by atoms with Gasteiger partial charge < -0.3 is 20.6 Å². The van der Waals surface area contributed by atoms with Gasteiger partial charge in [0.05, 0.1) is 5.92 Å². The van der Waals surface area contributed by atoms with Crippen LogP contribution >= 0.6 is 0 Å². The van der Waals surface area contributed by atoms with Gasteiger partial charge in [0.15, 0.2) is 0 Å². The molecule has 7 nitrogen and oxygen atoms in total. The SMILES string of the molecule is CNC(=O)C(C)NC(=O)N1CCC(C(=O)O)C1C. The molecule has 3 atom stereocenters. The third-order valence-electron chi connectivity index (χ3n) is 3.31. The highest BCUT2D eigenvalue weighted by Gasteiger charge is 2.38. The second-order valence-electron chi connectivity index (χ2n) is 4.45. The Morgan fingerprint density at radius 3 is 2.44 bits per heavy atom. The summed E-state index contributed by atoms with van der Waals surface area (Å²) < 4.78 is 0. The second-order valence-corrected chi connectivity index (χ2v) is 4.45. The number of carboxylic acids is 1. The Hall–Kier alpha value is -1.79. The summed E-state index contributed by atoms with van der Waals surface area (Å²) in [4.78, 5) is 35.6. The first-order valence-corrected chi connectivity index (χ1v) is 5.90. The van der Waals surface area contributed by atoms with Crippen LogP contribution in [0, 0.1) is 5.92 Å². The maximum Gasteiger partial charge on any atom is 0.318 e. The Morgan fingerprint density at radius 1 is 1.39 bits per heavy atom. The van der Waals surface area contributed by atoms with E-state index in [2.05, 4.69) is 10.6 Å². The lowest BCUT2D eigenvalue weighted by Gasteiger charge is -2.25. The average Bonchev–Trinajstić information content (AvgIpc) is 2.69. The van der Waals surface area contributed by atoms with Gasteiger partial charge in [0.25, 0.3) is 0 Å². The fourth-order valence-electron chi connectivity index (χ4n) is 2.11. The minimum absolute atomic E-state index is 0.287. The number of aliphatic carboxylic acids is 1. The number of nitrogens with zero attached hydrogens (tertiary/aromatic N) is 1. The van der Waals surface area contributed by atoms with Crippen LogP contribution in [0.15, 0.2) is 0 Å². The average molecular weight is 257 g/mol. The van der Waals surface area contributed by atoms with E-state index in [1.165, 1.54) is 11.9 Å². The van der Waals surface area contributed by atoms with Crippen LogP contribution < -0.4 is 10.6 Å². The van der Waals surface area contributed by atoms with Crippen molar-refractivity contribution in [3.05, 3.63) is 0 Å². The summed E-state index contributed by atoms with van der Waals surface area (Å²) in [7, 11) is 1.49. The lowest BCUT2D eigenvalue weighted by molar-refractivity contribution is -0.142. The number of likely N-dealkylation sites (tertiary alicyclic amines) is 1. The van der Waals surface area contributed by atoms with Gasteiger partial charge in [-0.25, -0.2) is 4.79 Å². The van der Waals surface area contributed by atoms with Crippen LogP contribution in [0.1, 0.15) is 20.3 Å². The fourth-order valence-corrected chi connectivity index (χ4v) is 2.11. The van der Waals surface area contributed by atoms with Gasteiger partial charge in [0.1, 0.15) is 6.04 Å². The zero-order valence-electron chi connectivity index (χ0n) is 10.8. The Balaban J connectivity index is 2.59. The molecule has 0 aromatic carbocycles. The molecule has 0 saturated carbocycles. The van der Waals surface area contributed by atoms with Crippen molar-refractivity contribution in [3.8, 4) is 0 Å². The normalized spacial score (nSPS) is 24.5. The summed E-state index contributed by atoms with van der Waals surface area (Å²) in [5.41, 5.74) is 0. The van der Waals surface area contributed by atoms with E-state index in [1.807, 2.05) is 0 Å². The van der Waals surface area contributed by atoms with E-state index in [0.717, 1.165) is 0 Å². The minimum atomic E-state index is -0.892. The molecule has 0 aromatic rings. The molecule has 1 fully saturated rings. The highest BCUT2D eigenvalue weighted by Crippen LogP contribution is 2.24. The number of amides is 3. The molecule has 1 saturated heterocycles. The van der Waals surface area contributed by atoms with E-state index in [0.29, 0.717) is 13.0 Å². The molecule has 0 spiro atoms. The molecule has 3 N–H and O–H groups in total. The van der Waals surface area contributed by atoms with Crippen molar-refractivity contribution in [2.45, 2.75) is 32.4 Å². The molecule has 102 valence electrons. The van der Waals surface area contributed by atoms with Crippen molar-refractivity contribution in [2.75, 3.05) is 13.6 Å². The van der Waals surface area contributed by atoms with Crippen LogP contribution in [0.5, 0.6) is 0 Å². The van der Waals surface area contributed by atoms with Gasteiger partial charge in [0.2, 0.25) is 5.91 Å². The predicted octanol–water partition coefficient (Wildman–Crippen LogP) is -0.374. The number of urea groups is 1. The standard InChI is InChI=1S/C11H19N3O4/c1-6(9(15)12-3)13-11(18)14-5-4-8(7(14)2)10(16)17/h6-8H,4-5H2,1-3H3,(H,12,15)(H,13,18)(H,16,17). The first-order valence-electron chi connectivity index (χ1n) is 5.90. The molecule has 1 rings (SSSR count). The molecule has 1 aliphatic heterocycles. The van der Waals surface area contributed by atoms with Crippen molar-refractivity contribution in [3.63, 3.8) is 0 Å². The number of likely N-dealkylation sites (N-methyl/N-ethyl adjacent to an activating group) is 1. The molecule has 1 aliphatic rings. The van der Waals surface area contributed by atoms with Crippen LogP contribution in [-0.2, 0) is 9.59 Å². The summed E-state index contributed by atoms with van der Waals surface area (Å²) >= 11 is 0. The number of carboxylic acid groups (broad SMARTS) is 1. The first kappa shape index (κ1) is 14.3. The molecule has 0 radical (unpaired) electrons. The van der Waals surface area contributed by atoms with Gasteiger partial charge in [-0.15, -0.1) is 0 Å². The Labute approximate surface area is 106 Å². The third kappa shape index (κ3) is 2.91. The van der Waals surface area contributed by atoms with Crippen molar-refractivity contribution in [2.24, 2.45) is 5.92 Å². The van der Waals surface area contributed by atoms with Crippen LogP contribution in [0.4, 0.5) is 4.79 Å². The van der Waals surface area contributed by atoms with Gasteiger partial charge in [-0.1, -0.05) is 0 Å². The molecule has 7 heteroatoms. The van der Waals surface area contributed by atoms with Crippen LogP contribution in [0.3, 0.4) is 0 Å². The van der Waals surface area contributed by atoms with Gasteiger partial charge >= 0.3 is 12.0 Å². The Kier molecular flexibility index (Phi) is 4.52. The number of hydrogen-bond acceptors (Lipinski definition) is 3. The van der Waals surface area contributed by atoms with Gasteiger partial charge in [0, 0.05) is 19.6 Å². The second kappa shape index (κ2) is 5.70. The van der Waals surface area contributed by atoms with E-state index in [-0.39, 0.29) is 11.9 Å². The van der Waals surface area contributed by atoms with Crippen molar-refractivity contribution < 1.29 is 19.5 Å². The summed E-state index contributed by atoms with van der Waals surface area (Å²) in [6, 6.07) is -1.40. The van der Waals surface area contributed by atoms with Crippen LogP contribution in [0.25, 0.3) is 0 Å². The molecular formula is C11H19N3O4. The number of nitrogens with one attached hydrogen (secondary N) is 2. The lowest BCUT2D eigenvalue weighted by atomic mass is 10.0. The van der Waals surface area contributed by atoms with E-state index in [4.69, 9.17) is 5.11 Å². The summed E-state index contributed by atoms with van der Waals surface area (Å²) in [6.07, 6.45) is 0.443. The Morgan fingerprint density at radius 2 is 2.00 bits per heavy atom.